The van der Waals surface area contributed by atoms with E-state index in [0.717, 1.165) is 6.42 Å². The third-order valence-corrected chi connectivity index (χ3v) is 1.88. The van der Waals surface area contributed by atoms with E-state index in [1.54, 1.807) is 0 Å². The van der Waals surface area contributed by atoms with Crippen LogP contribution in [0.15, 0.2) is 12.2 Å². The molecular formula is C12H19NO4. The van der Waals surface area contributed by atoms with Gasteiger partial charge < -0.3 is 10.1 Å². The highest BCUT2D eigenvalue weighted by atomic mass is 16.6. The van der Waals surface area contributed by atoms with Crippen molar-refractivity contribution < 1.29 is 19.1 Å². The van der Waals surface area contributed by atoms with E-state index >= 15 is 0 Å². The SMILES string of the molecule is C=C(C)C(=O)OC(CCC)NC(=O)CC(C)=O. The first-order chi connectivity index (χ1) is 7.86. The Morgan fingerprint density at radius 1 is 1.29 bits per heavy atom. The zero-order chi connectivity index (χ0) is 13.4. The molecule has 0 aliphatic carbocycles. The molecule has 0 rings (SSSR count). The molecule has 17 heavy (non-hydrogen) atoms. The molecule has 0 bridgehead atoms. The molecule has 0 saturated heterocycles. The molecule has 1 N–H and O–H groups in total. The van der Waals surface area contributed by atoms with Crippen LogP contribution in [0.2, 0.25) is 0 Å². The Morgan fingerprint density at radius 2 is 1.88 bits per heavy atom. The van der Waals surface area contributed by atoms with Crippen molar-refractivity contribution in [1.29, 1.82) is 0 Å². The molecule has 0 aromatic carbocycles. The van der Waals surface area contributed by atoms with E-state index in [1.807, 2.05) is 6.92 Å². The highest BCUT2D eigenvalue weighted by Crippen LogP contribution is 2.03. The van der Waals surface area contributed by atoms with E-state index in [4.69, 9.17) is 4.74 Å². The number of nitrogens with one attached hydrogen (secondary N) is 1. The largest absolute Gasteiger partial charge is 0.438 e. The van der Waals surface area contributed by atoms with E-state index in [1.165, 1.54) is 13.8 Å². The first-order valence-electron chi connectivity index (χ1n) is 5.52. The second kappa shape index (κ2) is 7.60. The quantitative estimate of drug-likeness (QED) is 0.316. The van der Waals surface area contributed by atoms with Gasteiger partial charge in [0.1, 0.15) is 5.78 Å². The number of carbonyl (C=O) groups excluding carboxylic acids is 3. The molecule has 0 spiro atoms. The Morgan fingerprint density at radius 3 is 2.29 bits per heavy atom. The van der Waals surface area contributed by atoms with Gasteiger partial charge in [-0.15, -0.1) is 0 Å². The number of amides is 1. The molecule has 5 heteroatoms. The van der Waals surface area contributed by atoms with E-state index in [2.05, 4.69) is 11.9 Å². The summed E-state index contributed by atoms with van der Waals surface area (Å²) in [5.41, 5.74) is 0.270. The average molecular weight is 241 g/mol. The topological polar surface area (TPSA) is 72.5 Å². The third kappa shape index (κ3) is 7.27. The van der Waals surface area contributed by atoms with Crippen molar-refractivity contribution in [3.8, 4) is 0 Å². The van der Waals surface area contributed by atoms with Gasteiger partial charge in [0, 0.05) is 12.0 Å². The number of esters is 1. The van der Waals surface area contributed by atoms with Crippen LogP contribution < -0.4 is 5.32 Å². The fourth-order valence-electron chi connectivity index (χ4n) is 1.11. The number of ether oxygens (including phenoxy) is 1. The van der Waals surface area contributed by atoms with Crippen LogP contribution in [0.25, 0.3) is 0 Å². The van der Waals surface area contributed by atoms with Crippen LogP contribution in [0, 0.1) is 0 Å². The lowest BCUT2D eigenvalue weighted by Crippen LogP contribution is -2.39. The van der Waals surface area contributed by atoms with Crippen molar-refractivity contribution in [2.45, 2.75) is 46.3 Å². The maximum Gasteiger partial charge on any atom is 0.335 e. The van der Waals surface area contributed by atoms with Crippen molar-refractivity contribution in [2.24, 2.45) is 0 Å². The maximum atomic E-state index is 11.3. The standard InChI is InChI=1S/C12H19NO4/c1-5-6-11(17-12(16)8(2)3)13-10(15)7-9(4)14/h11H,2,5-7H2,1,3-4H3,(H,13,15). The molecule has 96 valence electrons. The number of rotatable bonds is 7. The molecule has 0 aliphatic rings. The zero-order valence-electron chi connectivity index (χ0n) is 10.5. The van der Waals surface area contributed by atoms with Crippen LogP contribution >= 0.6 is 0 Å². The van der Waals surface area contributed by atoms with Crippen LogP contribution in [0.3, 0.4) is 0 Å². The summed E-state index contributed by atoms with van der Waals surface area (Å²) in [6, 6.07) is 0. The molecule has 0 saturated carbocycles. The summed E-state index contributed by atoms with van der Waals surface area (Å²) in [5.74, 6) is -1.22. The van der Waals surface area contributed by atoms with Crippen molar-refractivity contribution in [1.82, 2.24) is 5.32 Å². The number of hydrogen-bond acceptors (Lipinski definition) is 4. The van der Waals surface area contributed by atoms with Gasteiger partial charge in [0.15, 0.2) is 6.23 Å². The molecule has 0 aromatic heterocycles. The lowest BCUT2D eigenvalue weighted by Gasteiger charge is -2.18. The lowest BCUT2D eigenvalue weighted by molar-refractivity contribution is -0.148. The summed E-state index contributed by atoms with van der Waals surface area (Å²) >= 11 is 0. The minimum Gasteiger partial charge on any atom is -0.438 e. The van der Waals surface area contributed by atoms with E-state index in [-0.39, 0.29) is 17.8 Å². The molecule has 0 heterocycles. The molecule has 5 nitrogen and oxygen atoms in total. The minimum absolute atomic E-state index is 0.204. The van der Waals surface area contributed by atoms with E-state index in [9.17, 15) is 14.4 Å². The number of ketones is 1. The van der Waals surface area contributed by atoms with Gasteiger partial charge in [-0.1, -0.05) is 19.9 Å². The normalized spacial score (nSPS) is 11.5. The van der Waals surface area contributed by atoms with Crippen LogP contribution in [0.5, 0.6) is 0 Å². The Bertz CT molecular complexity index is 322. The Hall–Kier alpha value is -1.65. The summed E-state index contributed by atoms with van der Waals surface area (Å²) < 4.78 is 5.02. The monoisotopic (exact) mass is 241 g/mol. The van der Waals surface area contributed by atoms with Gasteiger partial charge >= 0.3 is 5.97 Å². The van der Waals surface area contributed by atoms with Crippen molar-refractivity contribution in [2.75, 3.05) is 0 Å². The molecule has 0 aromatic rings. The molecule has 1 amide bonds. The summed E-state index contributed by atoms with van der Waals surface area (Å²) in [6.07, 6.45) is 0.346. The fourth-order valence-corrected chi connectivity index (χ4v) is 1.11. The average Bonchev–Trinajstić information content (AvgIpc) is 2.15. The van der Waals surface area contributed by atoms with E-state index < -0.39 is 18.1 Å². The molecule has 1 atom stereocenters. The number of hydrogen-bond donors (Lipinski definition) is 1. The predicted molar refractivity (Wildman–Crippen MR) is 63.0 cm³/mol. The van der Waals surface area contributed by atoms with Gasteiger partial charge in [-0.2, -0.15) is 0 Å². The number of Topliss-reactive ketones (excluding diaryl/α,β-unsaturated/α-hetero) is 1. The van der Waals surface area contributed by atoms with Gasteiger partial charge in [-0.25, -0.2) is 4.79 Å². The second-order valence-electron chi connectivity index (χ2n) is 3.91. The maximum absolute atomic E-state index is 11.3. The van der Waals surface area contributed by atoms with Crippen molar-refractivity contribution >= 4 is 17.7 Å². The second-order valence-corrected chi connectivity index (χ2v) is 3.91. The van der Waals surface area contributed by atoms with Crippen LogP contribution in [0.1, 0.15) is 40.0 Å². The van der Waals surface area contributed by atoms with Crippen LogP contribution in [-0.2, 0) is 19.1 Å². The smallest absolute Gasteiger partial charge is 0.335 e. The summed E-state index contributed by atoms with van der Waals surface area (Å²) in [7, 11) is 0. The lowest BCUT2D eigenvalue weighted by atomic mass is 10.2. The number of carbonyl (C=O) groups is 3. The molecule has 0 fully saturated rings. The van der Waals surface area contributed by atoms with E-state index in [0.29, 0.717) is 6.42 Å². The summed E-state index contributed by atoms with van der Waals surface area (Å²) in [6.45, 7) is 8.21. The first-order valence-corrected chi connectivity index (χ1v) is 5.52. The van der Waals surface area contributed by atoms with Crippen LogP contribution in [-0.4, -0.2) is 23.9 Å². The van der Waals surface area contributed by atoms with Gasteiger partial charge in [0.25, 0.3) is 0 Å². The molecule has 1 unspecified atom stereocenters. The Balaban J connectivity index is 4.32. The molecule has 0 radical (unpaired) electrons. The minimum atomic E-state index is -0.698. The molecular weight excluding hydrogens is 222 g/mol. The van der Waals surface area contributed by atoms with Crippen molar-refractivity contribution in [3.63, 3.8) is 0 Å². The van der Waals surface area contributed by atoms with Gasteiger partial charge in [-0.3, -0.25) is 9.59 Å². The highest BCUT2D eigenvalue weighted by molar-refractivity contribution is 5.97. The van der Waals surface area contributed by atoms with Gasteiger partial charge in [-0.05, 0) is 13.8 Å². The fraction of sp³-hybridized carbons (Fsp3) is 0.583. The van der Waals surface area contributed by atoms with Gasteiger partial charge in [0.2, 0.25) is 5.91 Å². The molecule has 0 aliphatic heterocycles. The summed E-state index contributed by atoms with van der Waals surface area (Å²) in [4.78, 5) is 33.4. The van der Waals surface area contributed by atoms with Crippen LogP contribution in [0.4, 0.5) is 0 Å². The highest BCUT2D eigenvalue weighted by Gasteiger charge is 2.17. The third-order valence-electron chi connectivity index (χ3n) is 1.88. The Labute approximate surface area is 101 Å². The van der Waals surface area contributed by atoms with Gasteiger partial charge in [0.05, 0.1) is 6.42 Å². The summed E-state index contributed by atoms with van der Waals surface area (Å²) in [5, 5.41) is 2.49. The first kappa shape index (κ1) is 15.3. The predicted octanol–water partition coefficient (Wildman–Crippen LogP) is 1.33. The zero-order valence-corrected chi connectivity index (χ0v) is 10.5. The van der Waals surface area contributed by atoms with Crippen molar-refractivity contribution in [3.05, 3.63) is 12.2 Å². The Kier molecular flexibility index (Phi) is 6.86.